The van der Waals surface area contributed by atoms with Gasteiger partial charge in [-0.1, -0.05) is 38.1 Å². The van der Waals surface area contributed by atoms with E-state index >= 15 is 0 Å². The van der Waals surface area contributed by atoms with Crippen LogP contribution < -0.4 is 0 Å². The van der Waals surface area contributed by atoms with E-state index in [1.54, 1.807) is 0 Å². The summed E-state index contributed by atoms with van der Waals surface area (Å²) < 4.78 is 34.3. The number of benzene rings is 1. The molecule has 1 spiro atoms. The maximum atomic E-state index is 13.1. The van der Waals surface area contributed by atoms with Crippen molar-refractivity contribution in [1.82, 2.24) is 0 Å². The average molecular weight is 330 g/mol. The van der Waals surface area contributed by atoms with Gasteiger partial charge in [-0.2, -0.15) is 8.42 Å². The Morgan fingerprint density at radius 1 is 1.13 bits per heavy atom. The second-order valence-corrected chi connectivity index (χ2v) is 8.65. The molecule has 0 amide bonds. The van der Waals surface area contributed by atoms with Crippen molar-refractivity contribution in [3.05, 3.63) is 45.9 Å². The Hall–Kier alpha value is -1.72. The normalized spacial score (nSPS) is 31.1. The number of fused-ring (bicyclic) bond motifs is 4. The van der Waals surface area contributed by atoms with Gasteiger partial charge in [-0.3, -0.25) is 9.35 Å². The van der Waals surface area contributed by atoms with Crippen LogP contribution in [0.2, 0.25) is 0 Å². The first-order valence-corrected chi connectivity index (χ1v) is 9.19. The summed E-state index contributed by atoms with van der Waals surface area (Å²) in [6, 6.07) is 7.35. The summed E-state index contributed by atoms with van der Waals surface area (Å²) in [6.45, 7) is 3.89. The predicted octanol–water partition coefficient (Wildman–Crippen LogP) is 3.32. The fourth-order valence-electron chi connectivity index (χ4n) is 4.92. The van der Waals surface area contributed by atoms with Gasteiger partial charge in [0.25, 0.3) is 10.1 Å². The molecule has 0 aromatic heterocycles. The molecule has 4 rings (SSSR count). The van der Waals surface area contributed by atoms with E-state index < -0.39 is 20.9 Å². The van der Waals surface area contributed by atoms with Crippen molar-refractivity contribution in [3.8, 4) is 0 Å². The van der Waals surface area contributed by atoms with E-state index in [4.69, 9.17) is 0 Å². The Morgan fingerprint density at radius 2 is 1.74 bits per heavy atom. The molecule has 3 aliphatic carbocycles. The second-order valence-electron chi connectivity index (χ2n) is 7.26. The van der Waals surface area contributed by atoms with Crippen molar-refractivity contribution in [2.24, 2.45) is 16.7 Å². The second kappa shape index (κ2) is 4.22. The summed E-state index contributed by atoms with van der Waals surface area (Å²) in [4.78, 5) is 13.0. The summed E-state index contributed by atoms with van der Waals surface area (Å²) >= 11 is 0. The maximum absolute atomic E-state index is 13.1. The Bertz CT molecular complexity index is 905. The van der Waals surface area contributed by atoms with Gasteiger partial charge in [0.1, 0.15) is 0 Å². The Labute approximate surface area is 135 Å². The van der Waals surface area contributed by atoms with Crippen LogP contribution in [0, 0.1) is 16.7 Å². The van der Waals surface area contributed by atoms with Crippen LogP contribution in [0.15, 0.2) is 34.7 Å². The van der Waals surface area contributed by atoms with Gasteiger partial charge in [0, 0.05) is 5.57 Å². The van der Waals surface area contributed by atoms with E-state index in [9.17, 15) is 17.8 Å². The van der Waals surface area contributed by atoms with Crippen molar-refractivity contribution in [3.63, 3.8) is 0 Å². The minimum atomic E-state index is -4.48. The van der Waals surface area contributed by atoms with Crippen LogP contribution in [0.25, 0.3) is 12.2 Å². The Morgan fingerprint density at radius 3 is 2.35 bits per heavy atom. The van der Waals surface area contributed by atoms with E-state index in [0.717, 1.165) is 12.0 Å². The van der Waals surface area contributed by atoms with E-state index in [1.807, 2.05) is 44.2 Å². The van der Waals surface area contributed by atoms with Crippen LogP contribution in [-0.2, 0) is 14.9 Å². The maximum Gasteiger partial charge on any atom is 0.291 e. The third-order valence-electron chi connectivity index (χ3n) is 6.10. The zero-order valence-electron chi connectivity index (χ0n) is 13.0. The zero-order valence-corrected chi connectivity index (χ0v) is 13.9. The average Bonchev–Trinajstić information content (AvgIpc) is 2.81. The van der Waals surface area contributed by atoms with Gasteiger partial charge >= 0.3 is 0 Å². The number of Topliss-reactive ketones (excluding diaryl/α,β-unsaturated/α-hetero) is 1. The fraction of sp³-hybridized carbons (Fsp3) is 0.389. The number of allylic oxidation sites excluding steroid dienone is 2. The molecule has 3 aliphatic rings. The lowest BCUT2D eigenvalue weighted by molar-refractivity contribution is -0.123. The molecular weight excluding hydrogens is 312 g/mol. The molecule has 1 aromatic carbocycles. The smallest absolute Gasteiger partial charge is 0.291 e. The lowest BCUT2D eigenvalue weighted by Gasteiger charge is -2.37. The summed E-state index contributed by atoms with van der Waals surface area (Å²) in [5.74, 6) is -0.122. The Balaban J connectivity index is 2.17. The molecule has 120 valence electrons. The molecule has 23 heavy (non-hydrogen) atoms. The van der Waals surface area contributed by atoms with Gasteiger partial charge in [-0.05, 0) is 47.5 Å². The van der Waals surface area contributed by atoms with E-state index in [0.29, 0.717) is 17.6 Å². The first kappa shape index (κ1) is 14.8. The largest absolute Gasteiger partial charge is 0.293 e. The van der Waals surface area contributed by atoms with Gasteiger partial charge < -0.3 is 0 Å². The van der Waals surface area contributed by atoms with Crippen molar-refractivity contribution in [2.45, 2.75) is 26.7 Å². The van der Waals surface area contributed by atoms with Crippen LogP contribution in [0.1, 0.15) is 37.8 Å². The van der Waals surface area contributed by atoms with Gasteiger partial charge in [0.2, 0.25) is 0 Å². The van der Waals surface area contributed by atoms with Crippen LogP contribution >= 0.6 is 0 Å². The highest BCUT2D eigenvalue weighted by atomic mass is 32.2. The van der Waals surface area contributed by atoms with Gasteiger partial charge in [0.05, 0.1) is 10.3 Å². The number of hydrogen-bond acceptors (Lipinski definition) is 3. The molecule has 2 unspecified atom stereocenters. The molecule has 2 saturated carbocycles. The zero-order chi connectivity index (χ0) is 16.6. The van der Waals surface area contributed by atoms with Crippen LogP contribution in [-0.4, -0.2) is 18.8 Å². The molecular formula is C18H18O4S. The first-order chi connectivity index (χ1) is 10.7. The Kier molecular flexibility index (Phi) is 2.72. The molecule has 5 heteroatoms. The third-order valence-corrected chi connectivity index (χ3v) is 7.12. The highest BCUT2D eigenvalue weighted by Gasteiger charge is 2.70. The van der Waals surface area contributed by atoms with E-state index in [1.165, 1.54) is 6.08 Å². The quantitative estimate of drug-likeness (QED) is 0.802. The summed E-state index contributed by atoms with van der Waals surface area (Å²) in [6.07, 6.45) is 4.63. The SMILES string of the molecule is CC1(C)C2CCC13C(=O)C2=Cc1ccccc1C=C3S(=O)(=O)O. The lowest BCUT2D eigenvalue weighted by Crippen LogP contribution is -2.40. The number of hydrogen-bond donors (Lipinski definition) is 1. The lowest BCUT2D eigenvalue weighted by atomic mass is 9.68. The monoisotopic (exact) mass is 330 g/mol. The topological polar surface area (TPSA) is 71.4 Å². The standard InChI is InChI=1S/C18H18O4S/c1-17(2)14-7-8-18(17)15(23(20,21)22)10-12-6-4-3-5-11(12)9-13(14)16(18)19/h3-6,9-10,14H,7-8H2,1-2H3,(H,20,21,22). The molecule has 2 fully saturated rings. The third kappa shape index (κ3) is 1.64. The molecule has 2 atom stereocenters. The molecule has 3 bridgehead atoms. The van der Waals surface area contributed by atoms with Crippen molar-refractivity contribution < 1.29 is 17.8 Å². The van der Waals surface area contributed by atoms with E-state index in [-0.39, 0.29) is 16.6 Å². The van der Waals surface area contributed by atoms with Gasteiger partial charge in [-0.25, -0.2) is 0 Å². The van der Waals surface area contributed by atoms with Crippen LogP contribution in [0.3, 0.4) is 0 Å². The molecule has 0 heterocycles. The highest BCUT2D eigenvalue weighted by Crippen LogP contribution is 2.70. The predicted molar refractivity (Wildman–Crippen MR) is 87.9 cm³/mol. The molecule has 1 N–H and O–H groups in total. The number of ketones is 1. The minimum Gasteiger partial charge on any atom is -0.293 e. The molecule has 0 aliphatic heterocycles. The van der Waals surface area contributed by atoms with Crippen LogP contribution in [0.5, 0.6) is 0 Å². The molecule has 4 nitrogen and oxygen atoms in total. The number of rotatable bonds is 1. The minimum absolute atomic E-state index is 0.0197. The van der Waals surface area contributed by atoms with Gasteiger partial charge in [0.15, 0.2) is 5.78 Å². The fourth-order valence-corrected chi connectivity index (χ4v) is 6.09. The van der Waals surface area contributed by atoms with Gasteiger partial charge in [-0.15, -0.1) is 0 Å². The van der Waals surface area contributed by atoms with Crippen molar-refractivity contribution in [2.75, 3.05) is 0 Å². The van der Waals surface area contributed by atoms with E-state index in [2.05, 4.69) is 0 Å². The summed E-state index contributed by atoms with van der Waals surface area (Å²) in [7, 11) is -4.48. The molecule has 0 saturated heterocycles. The molecule has 1 aromatic rings. The summed E-state index contributed by atoms with van der Waals surface area (Å²) in [5.41, 5.74) is 0.551. The highest BCUT2D eigenvalue weighted by molar-refractivity contribution is 7.90. The molecule has 0 radical (unpaired) electrons. The summed E-state index contributed by atoms with van der Waals surface area (Å²) in [5, 5.41) is 0. The number of carbonyl (C=O) groups excluding carboxylic acids is 1. The van der Waals surface area contributed by atoms with Crippen LogP contribution in [0.4, 0.5) is 0 Å². The van der Waals surface area contributed by atoms with Crippen molar-refractivity contribution >= 4 is 28.1 Å². The number of carbonyl (C=O) groups is 1. The van der Waals surface area contributed by atoms with Crippen molar-refractivity contribution in [1.29, 1.82) is 0 Å². The first-order valence-electron chi connectivity index (χ1n) is 7.75.